The first-order chi connectivity index (χ1) is 7.69. The number of hydrogen-bond donors (Lipinski definition) is 1. The number of hydrogen-bond acceptors (Lipinski definition) is 5. The number of halogens is 1. The van der Waals surface area contributed by atoms with Crippen LogP contribution in [0.2, 0.25) is 5.02 Å². The molecule has 0 saturated carbocycles. The molecule has 0 radical (unpaired) electrons. The van der Waals surface area contributed by atoms with Crippen molar-refractivity contribution in [2.75, 3.05) is 0 Å². The van der Waals surface area contributed by atoms with Gasteiger partial charge in [0, 0.05) is 11.4 Å². The molecule has 2 rings (SSSR count). The molecule has 16 heavy (non-hydrogen) atoms. The van der Waals surface area contributed by atoms with E-state index in [4.69, 9.17) is 17.3 Å². The van der Waals surface area contributed by atoms with E-state index in [-0.39, 0.29) is 0 Å². The fourth-order valence-electron chi connectivity index (χ4n) is 1.17. The maximum Gasteiger partial charge on any atom is 0.179 e. The molecule has 0 aliphatic rings. The highest BCUT2D eigenvalue weighted by atomic mass is 35.5. The lowest BCUT2D eigenvalue weighted by Crippen LogP contribution is -1.95. The third-order valence-electron chi connectivity index (χ3n) is 1.94. The van der Waals surface area contributed by atoms with Crippen LogP contribution in [0.25, 0.3) is 0 Å². The lowest BCUT2D eigenvalue weighted by molar-refractivity contribution is 0.983. The third kappa shape index (κ3) is 2.74. The molecule has 84 valence electrons. The van der Waals surface area contributed by atoms with E-state index in [0.29, 0.717) is 11.6 Å². The molecule has 6 heteroatoms. The highest BCUT2D eigenvalue weighted by molar-refractivity contribution is 8.01. The van der Waals surface area contributed by atoms with Gasteiger partial charge in [0.15, 0.2) is 4.34 Å². The summed E-state index contributed by atoms with van der Waals surface area (Å²) < 4.78 is 0.903. The molecule has 0 unspecified atom stereocenters. The topological polar surface area (TPSA) is 51.8 Å². The van der Waals surface area contributed by atoms with Gasteiger partial charge in [0.05, 0.1) is 5.02 Å². The van der Waals surface area contributed by atoms with Crippen molar-refractivity contribution in [2.45, 2.75) is 22.7 Å². The molecule has 3 nitrogen and oxygen atoms in total. The number of benzene rings is 1. The van der Waals surface area contributed by atoms with E-state index in [9.17, 15) is 0 Å². The lowest BCUT2D eigenvalue weighted by atomic mass is 10.2. The second kappa shape index (κ2) is 5.14. The second-order valence-corrected chi connectivity index (χ2v) is 6.04. The van der Waals surface area contributed by atoms with Crippen molar-refractivity contribution in [3.05, 3.63) is 33.8 Å². The van der Waals surface area contributed by atoms with Crippen LogP contribution in [0.1, 0.15) is 10.6 Å². The zero-order valence-electron chi connectivity index (χ0n) is 8.61. The van der Waals surface area contributed by atoms with Gasteiger partial charge in [-0.3, -0.25) is 0 Å². The predicted octanol–water partition coefficient (Wildman–Crippen LogP) is 3.11. The minimum Gasteiger partial charge on any atom is -0.326 e. The molecule has 0 bridgehead atoms. The summed E-state index contributed by atoms with van der Waals surface area (Å²) in [5.41, 5.74) is 6.57. The van der Waals surface area contributed by atoms with Gasteiger partial charge in [0.1, 0.15) is 5.01 Å². The van der Waals surface area contributed by atoms with Gasteiger partial charge in [-0.05, 0) is 24.6 Å². The zero-order valence-corrected chi connectivity index (χ0v) is 11.0. The maximum absolute atomic E-state index is 6.14. The largest absolute Gasteiger partial charge is 0.326 e. The molecule has 1 aromatic carbocycles. The molecule has 0 aliphatic carbocycles. The molecule has 0 amide bonds. The van der Waals surface area contributed by atoms with Crippen molar-refractivity contribution in [1.82, 2.24) is 10.2 Å². The smallest absolute Gasteiger partial charge is 0.179 e. The molecule has 2 N–H and O–H groups in total. The summed E-state index contributed by atoms with van der Waals surface area (Å²) in [6.45, 7) is 2.43. The standard InChI is InChI=1S/C10H10ClN3S2/c1-6-13-14-10(15-6)16-9-3-2-7(5-12)4-8(9)11/h2-4H,5,12H2,1H3. The minimum atomic E-state index is 0.503. The Labute approximate surface area is 107 Å². The van der Waals surface area contributed by atoms with Crippen molar-refractivity contribution in [3.63, 3.8) is 0 Å². The molecular weight excluding hydrogens is 262 g/mol. The highest BCUT2D eigenvalue weighted by Crippen LogP contribution is 2.35. The first kappa shape index (κ1) is 11.9. The molecule has 0 atom stereocenters. The monoisotopic (exact) mass is 271 g/mol. The Bertz CT molecular complexity index is 499. The van der Waals surface area contributed by atoms with Crippen LogP contribution < -0.4 is 5.73 Å². The van der Waals surface area contributed by atoms with Crippen molar-refractivity contribution in [1.29, 1.82) is 0 Å². The summed E-state index contributed by atoms with van der Waals surface area (Å²) in [4.78, 5) is 0.981. The number of aromatic nitrogens is 2. The van der Waals surface area contributed by atoms with Gasteiger partial charge in [-0.1, -0.05) is 40.8 Å². The van der Waals surface area contributed by atoms with Gasteiger partial charge < -0.3 is 5.73 Å². The normalized spacial score (nSPS) is 10.7. The third-order valence-corrected chi connectivity index (χ3v) is 4.33. The first-order valence-electron chi connectivity index (χ1n) is 4.65. The van der Waals surface area contributed by atoms with E-state index in [1.807, 2.05) is 25.1 Å². The first-order valence-corrected chi connectivity index (χ1v) is 6.66. The summed E-state index contributed by atoms with van der Waals surface area (Å²) in [7, 11) is 0. The van der Waals surface area contributed by atoms with Crippen LogP contribution in [-0.2, 0) is 6.54 Å². The van der Waals surface area contributed by atoms with Gasteiger partial charge >= 0.3 is 0 Å². The van der Waals surface area contributed by atoms with E-state index < -0.39 is 0 Å². The number of rotatable bonds is 3. The second-order valence-electron chi connectivity index (χ2n) is 3.16. The summed E-state index contributed by atoms with van der Waals surface area (Å²) in [5.74, 6) is 0. The van der Waals surface area contributed by atoms with Crippen molar-refractivity contribution in [2.24, 2.45) is 5.73 Å². The van der Waals surface area contributed by atoms with Crippen molar-refractivity contribution in [3.8, 4) is 0 Å². The van der Waals surface area contributed by atoms with Gasteiger partial charge in [0.25, 0.3) is 0 Å². The lowest BCUT2D eigenvalue weighted by Gasteiger charge is -2.03. The molecule has 0 saturated heterocycles. The Morgan fingerprint density at radius 2 is 2.25 bits per heavy atom. The molecule has 0 spiro atoms. The molecule has 1 heterocycles. The summed E-state index contributed by atoms with van der Waals surface area (Å²) in [6, 6.07) is 5.83. The summed E-state index contributed by atoms with van der Waals surface area (Å²) in [5, 5.41) is 9.67. The average molecular weight is 272 g/mol. The Balaban J connectivity index is 2.21. The van der Waals surface area contributed by atoms with E-state index in [1.165, 1.54) is 11.8 Å². The fourth-order valence-corrected chi connectivity index (χ4v) is 3.26. The van der Waals surface area contributed by atoms with Gasteiger partial charge in [-0.25, -0.2) is 0 Å². The predicted molar refractivity (Wildman–Crippen MR) is 68.1 cm³/mol. The number of nitrogens with zero attached hydrogens (tertiary/aromatic N) is 2. The molecule has 2 aromatic rings. The number of aryl methyl sites for hydroxylation is 1. The van der Waals surface area contributed by atoms with E-state index in [0.717, 1.165) is 19.8 Å². The fraction of sp³-hybridized carbons (Fsp3) is 0.200. The van der Waals surface area contributed by atoms with E-state index in [1.54, 1.807) is 11.3 Å². The Morgan fingerprint density at radius 1 is 1.44 bits per heavy atom. The average Bonchev–Trinajstić information content (AvgIpc) is 2.67. The van der Waals surface area contributed by atoms with Crippen LogP contribution in [0, 0.1) is 6.92 Å². The van der Waals surface area contributed by atoms with Crippen molar-refractivity contribution < 1.29 is 0 Å². The van der Waals surface area contributed by atoms with Gasteiger partial charge in [0.2, 0.25) is 0 Å². The van der Waals surface area contributed by atoms with Crippen LogP contribution >= 0.6 is 34.7 Å². The zero-order chi connectivity index (χ0) is 11.5. The van der Waals surface area contributed by atoms with Crippen LogP contribution in [0.4, 0.5) is 0 Å². The highest BCUT2D eigenvalue weighted by Gasteiger charge is 2.07. The van der Waals surface area contributed by atoms with Crippen LogP contribution in [0.5, 0.6) is 0 Å². The van der Waals surface area contributed by atoms with Gasteiger partial charge in [-0.15, -0.1) is 10.2 Å². The molecular formula is C10H10ClN3S2. The minimum absolute atomic E-state index is 0.503. The molecule has 0 fully saturated rings. The van der Waals surface area contributed by atoms with E-state index >= 15 is 0 Å². The quantitative estimate of drug-likeness (QED) is 0.932. The van der Waals surface area contributed by atoms with Gasteiger partial charge in [-0.2, -0.15) is 0 Å². The summed E-state index contributed by atoms with van der Waals surface area (Å²) in [6.07, 6.45) is 0. The maximum atomic E-state index is 6.14. The Hall–Kier alpha value is -0.620. The van der Waals surface area contributed by atoms with E-state index in [2.05, 4.69) is 10.2 Å². The Kier molecular flexibility index (Phi) is 3.81. The van der Waals surface area contributed by atoms with Crippen molar-refractivity contribution >= 4 is 34.7 Å². The Morgan fingerprint density at radius 3 is 2.81 bits per heavy atom. The van der Waals surface area contributed by atoms with Crippen LogP contribution in [0.3, 0.4) is 0 Å². The molecule has 0 aliphatic heterocycles. The van der Waals surface area contributed by atoms with Crippen LogP contribution in [-0.4, -0.2) is 10.2 Å². The number of nitrogens with two attached hydrogens (primary N) is 1. The molecule has 1 aromatic heterocycles. The summed E-state index contributed by atoms with van der Waals surface area (Å²) >= 11 is 9.23. The SMILES string of the molecule is Cc1nnc(Sc2ccc(CN)cc2Cl)s1. The van der Waals surface area contributed by atoms with Crippen LogP contribution in [0.15, 0.2) is 27.4 Å².